The number of amides is 1. The summed E-state index contributed by atoms with van der Waals surface area (Å²) in [7, 11) is 0. The monoisotopic (exact) mass is 484 g/mol. The number of aliphatic hydroxyl groups is 1. The highest BCUT2D eigenvalue weighted by atomic mass is 16.6. The third-order valence-electron chi connectivity index (χ3n) is 6.92. The van der Waals surface area contributed by atoms with Gasteiger partial charge in [-0.3, -0.25) is 0 Å². The van der Waals surface area contributed by atoms with Gasteiger partial charge in [0.15, 0.2) is 5.65 Å². The lowest BCUT2D eigenvalue weighted by atomic mass is 9.80. The Morgan fingerprint density at radius 2 is 1.75 bits per heavy atom. The van der Waals surface area contributed by atoms with Crippen LogP contribution in [-0.2, 0) is 10.3 Å². The summed E-state index contributed by atoms with van der Waals surface area (Å²) in [5.74, 6) is 0.739. The van der Waals surface area contributed by atoms with E-state index in [2.05, 4.69) is 34.3 Å². The number of fused-ring (bicyclic) bond motifs is 1. The summed E-state index contributed by atoms with van der Waals surface area (Å²) in [4.78, 5) is 19.5. The molecule has 0 saturated carbocycles. The topological polar surface area (TPSA) is 80.0 Å². The lowest BCUT2D eigenvalue weighted by Gasteiger charge is -2.45. The first-order valence-electron chi connectivity index (χ1n) is 12.3. The lowest BCUT2D eigenvalue weighted by Crippen LogP contribution is -2.51. The highest BCUT2D eigenvalue weighted by molar-refractivity contribution is 5.70. The van der Waals surface area contributed by atoms with Gasteiger partial charge in [0.1, 0.15) is 11.4 Å². The van der Waals surface area contributed by atoms with Gasteiger partial charge in [0.05, 0.1) is 11.6 Å². The molecule has 1 amide bonds. The average molecular weight is 485 g/mol. The van der Waals surface area contributed by atoms with Crippen molar-refractivity contribution in [2.24, 2.45) is 0 Å². The van der Waals surface area contributed by atoms with Crippen LogP contribution in [0.3, 0.4) is 0 Å². The normalized spacial score (nSPS) is 19.4. The van der Waals surface area contributed by atoms with Crippen molar-refractivity contribution >= 4 is 11.7 Å². The summed E-state index contributed by atoms with van der Waals surface area (Å²) in [6.45, 7) is 7.94. The molecule has 7 nitrogen and oxygen atoms in total. The van der Waals surface area contributed by atoms with Gasteiger partial charge in [0.25, 0.3) is 0 Å². The maximum absolute atomic E-state index is 13.3. The van der Waals surface area contributed by atoms with E-state index in [4.69, 9.17) is 4.74 Å². The van der Waals surface area contributed by atoms with Crippen molar-refractivity contribution in [1.82, 2.24) is 19.5 Å². The lowest BCUT2D eigenvalue weighted by molar-refractivity contribution is -0.101. The van der Waals surface area contributed by atoms with E-state index < -0.39 is 11.2 Å². The van der Waals surface area contributed by atoms with E-state index in [9.17, 15) is 9.90 Å². The number of carbonyl (C=O) groups is 1. The van der Waals surface area contributed by atoms with Crippen molar-refractivity contribution in [3.05, 3.63) is 89.9 Å². The Morgan fingerprint density at radius 1 is 1.06 bits per heavy atom. The largest absolute Gasteiger partial charge is 0.438 e. The first kappa shape index (κ1) is 24.0. The Kier molecular flexibility index (Phi) is 6.04. The fourth-order valence-corrected chi connectivity index (χ4v) is 5.19. The molecular formula is C29H32N4O3. The van der Waals surface area contributed by atoms with Crippen LogP contribution in [0.5, 0.6) is 0 Å². The molecule has 1 N–H and O–H groups in total. The first-order valence-corrected chi connectivity index (χ1v) is 12.3. The number of hydrogen-bond acceptors (Lipinski definition) is 5. The van der Waals surface area contributed by atoms with E-state index in [1.165, 1.54) is 0 Å². The second kappa shape index (κ2) is 9.06. The molecule has 186 valence electrons. The molecule has 2 aromatic carbocycles. The predicted molar refractivity (Wildman–Crippen MR) is 138 cm³/mol. The van der Waals surface area contributed by atoms with Gasteiger partial charge in [-0.25, -0.2) is 14.3 Å². The average Bonchev–Trinajstić information content (AvgIpc) is 3.22. The smallest absolute Gasteiger partial charge is 0.411 e. The molecule has 7 heteroatoms. The molecule has 3 heterocycles. The number of pyridine rings is 1. The summed E-state index contributed by atoms with van der Waals surface area (Å²) < 4.78 is 7.93. The standard InChI is InChI=1S/C29H32N4O3/c1-20(22-10-12-23(13-11-22)24-14-15-26-30-21(2)31-33(26)18-24)32-17-16-29(36-27(32)34,19-28(3,4)35)25-8-6-5-7-9-25/h5-15,18,20,35H,16-17,19H2,1-4H3/t20-,29?/m0/s1. The molecule has 36 heavy (non-hydrogen) atoms. The van der Waals surface area contributed by atoms with Gasteiger partial charge < -0.3 is 14.7 Å². The molecule has 1 saturated heterocycles. The molecule has 1 fully saturated rings. The minimum absolute atomic E-state index is 0.150. The van der Waals surface area contributed by atoms with E-state index >= 15 is 0 Å². The van der Waals surface area contributed by atoms with Gasteiger partial charge in [-0.2, -0.15) is 5.10 Å². The van der Waals surface area contributed by atoms with Gasteiger partial charge in [-0.1, -0.05) is 54.6 Å². The molecular weight excluding hydrogens is 452 g/mol. The Hall–Kier alpha value is -3.71. The number of carbonyl (C=O) groups excluding carboxylic acids is 1. The maximum Gasteiger partial charge on any atom is 0.411 e. The number of hydrogen-bond donors (Lipinski definition) is 1. The van der Waals surface area contributed by atoms with Crippen molar-refractivity contribution in [1.29, 1.82) is 0 Å². The van der Waals surface area contributed by atoms with Crippen LogP contribution >= 0.6 is 0 Å². The zero-order valence-electron chi connectivity index (χ0n) is 21.2. The van der Waals surface area contributed by atoms with Crippen LogP contribution in [-0.4, -0.2) is 42.8 Å². The first-order chi connectivity index (χ1) is 17.1. The van der Waals surface area contributed by atoms with Crippen LogP contribution < -0.4 is 0 Å². The van der Waals surface area contributed by atoms with Gasteiger partial charge in [0, 0.05) is 31.1 Å². The molecule has 4 aromatic rings. The van der Waals surface area contributed by atoms with Crippen LogP contribution in [0.25, 0.3) is 16.8 Å². The Morgan fingerprint density at radius 3 is 2.42 bits per heavy atom. The zero-order valence-corrected chi connectivity index (χ0v) is 21.2. The van der Waals surface area contributed by atoms with Crippen molar-refractivity contribution in [3.8, 4) is 11.1 Å². The predicted octanol–water partition coefficient (Wildman–Crippen LogP) is 5.66. The second-order valence-corrected chi connectivity index (χ2v) is 10.3. The van der Waals surface area contributed by atoms with Crippen molar-refractivity contribution in [2.45, 2.75) is 57.8 Å². The van der Waals surface area contributed by atoms with Crippen molar-refractivity contribution < 1.29 is 14.6 Å². The third-order valence-corrected chi connectivity index (χ3v) is 6.92. The number of ether oxygens (including phenoxy) is 1. The summed E-state index contributed by atoms with van der Waals surface area (Å²) in [5.41, 5.74) is 3.04. The van der Waals surface area contributed by atoms with E-state index in [1.807, 2.05) is 62.5 Å². The highest BCUT2D eigenvalue weighted by Gasteiger charge is 2.46. The van der Waals surface area contributed by atoms with Crippen molar-refractivity contribution in [3.63, 3.8) is 0 Å². The molecule has 0 radical (unpaired) electrons. The molecule has 0 spiro atoms. The summed E-state index contributed by atoms with van der Waals surface area (Å²) in [5, 5.41) is 15.0. The van der Waals surface area contributed by atoms with Crippen LogP contribution in [0.15, 0.2) is 72.9 Å². The molecule has 1 aliphatic heterocycles. The SMILES string of the molecule is Cc1nc2ccc(-c3ccc([C@H](C)N4CCC(CC(C)(C)O)(c5ccccc5)OC4=O)cc3)cn2n1. The molecule has 5 rings (SSSR count). The third kappa shape index (κ3) is 4.71. The quantitative estimate of drug-likeness (QED) is 0.382. The van der Waals surface area contributed by atoms with Crippen molar-refractivity contribution in [2.75, 3.05) is 6.54 Å². The van der Waals surface area contributed by atoms with Gasteiger partial charge >= 0.3 is 6.09 Å². The van der Waals surface area contributed by atoms with Gasteiger partial charge in [-0.05, 0) is 56.5 Å². The highest BCUT2D eigenvalue weighted by Crippen LogP contribution is 2.42. The molecule has 2 atom stereocenters. The minimum Gasteiger partial charge on any atom is -0.438 e. The number of nitrogens with zero attached hydrogens (tertiary/aromatic N) is 4. The van der Waals surface area contributed by atoms with Gasteiger partial charge in [0.2, 0.25) is 0 Å². The maximum atomic E-state index is 13.3. The van der Waals surface area contributed by atoms with Crippen LogP contribution in [0.4, 0.5) is 4.79 Å². The van der Waals surface area contributed by atoms with Crippen LogP contribution in [0.1, 0.15) is 56.6 Å². The fourth-order valence-electron chi connectivity index (χ4n) is 5.19. The van der Waals surface area contributed by atoms with E-state index in [0.717, 1.165) is 33.7 Å². The summed E-state index contributed by atoms with van der Waals surface area (Å²) >= 11 is 0. The summed E-state index contributed by atoms with van der Waals surface area (Å²) in [6.07, 6.45) is 2.55. The number of benzene rings is 2. The van der Waals surface area contributed by atoms with E-state index in [0.29, 0.717) is 19.4 Å². The van der Waals surface area contributed by atoms with Crippen LogP contribution in [0.2, 0.25) is 0 Å². The Balaban J connectivity index is 1.35. The number of cyclic esters (lactones) is 1. The molecule has 1 aliphatic rings. The number of aromatic nitrogens is 3. The molecule has 1 unspecified atom stereocenters. The van der Waals surface area contributed by atoms with E-state index in [-0.39, 0.29) is 12.1 Å². The zero-order chi connectivity index (χ0) is 25.5. The Labute approximate surface area is 211 Å². The second-order valence-electron chi connectivity index (χ2n) is 10.3. The van der Waals surface area contributed by atoms with Gasteiger partial charge in [-0.15, -0.1) is 0 Å². The summed E-state index contributed by atoms with van der Waals surface area (Å²) in [6, 6.07) is 21.8. The molecule has 0 aliphatic carbocycles. The molecule has 2 aromatic heterocycles. The number of aryl methyl sites for hydroxylation is 1. The molecule has 0 bridgehead atoms. The number of rotatable bonds is 6. The van der Waals surface area contributed by atoms with Crippen LogP contribution in [0, 0.1) is 6.92 Å². The fraction of sp³-hybridized carbons (Fsp3) is 0.345. The van der Waals surface area contributed by atoms with E-state index in [1.54, 1.807) is 23.3 Å². The Bertz CT molecular complexity index is 1380. The minimum atomic E-state index is -0.978.